The number of carboxylic acid groups (broad SMARTS) is 1. The maximum Gasteiger partial charge on any atom is 0.320 e. The van der Waals surface area contributed by atoms with Crippen LogP contribution < -0.4 is 10.5 Å². The van der Waals surface area contributed by atoms with Crippen molar-refractivity contribution >= 4 is 11.7 Å². The van der Waals surface area contributed by atoms with Gasteiger partial charge in [-0.05, 0) is 6.07 Å². The molecule has 3 N–H and O–H groups in total. The third-order valence-corrected chi connectivity index (χ3v) is 2.27. The van der Waals surface area contributed by atoms with E-state index in [1.807, 2.05) is 0 Å². The fourth-order valence-corrected chi connectivity index (χ4v) is 1.43. The monoisotopic (exact) mass is 240 g/mol. The molecular formula is C10H12N2O5. The number of rotatable bonds is 5. The Bertz CT molecular complexity index is 446. The topological polar surface area (TPSA) is 116 Å². The molecule has 17 heavy (non-hydrogen) atoms. The lowest BCUT2D eigenvalue weighted by Crippen LogP contribution is -2.32. The second-order valence-corrected chi connectivity index (χ2v) is 3.36. The van der Waals surface area contributed by atoms with Crippen LogP contribution in [0.2, 0.25) is 0 Å². The number of nitrogens with zero attached hydrogens (tertiary/aromatic N) is 1. The van der Waals surface area contributed by atoms with Gasteiger partial charge in [-0.25, -0.2) is 0 Å². The van der Waals surface area contributed by atoms with Crippen LogP contribution in [0.5, 0.6) is 5.75 Å². The molecule has 1 rings (SSSR count). The summed E-state index contributed by atoms with van der Waals surface area (Å²) in [5, 5.41) is 19.5. The molecule has 92 valence electrons. The normalized spacial score (nSPS) is 11.9. The number of hydrogen-bond acceptors (Lipinski definition) is 5. The van der Waals surface area contributed by atoms with Gasteiger partial charge in [0.05, 0.1) is 17.6 Å². The molecule has 0 aliphatic heterocycles. The summed E-state index contributed by atoms with van der Waals surface area (Å²) in [6, 6.07) is 3.07. The molecule has 0 saturated carbocycles. The van der Waals surface area contributed by atoms with E-state index in [9.17, 15) is 14.9 Å². The molecule has 0 heterocycles. The predicted octanol–water partition coefficient (Wildman–Crippen LogP) is 0.558. The highest BCUT2D eigenvalue weighted by atomic mass is 16.6. The van der Waals surface area contributed by atoms with Crippen molar-refractivity contribution in [2.24, 2.45) is 5.73 Å². The molecule has 1 aromatic rings. The van der Waals surface area contributed by atoms with Crippen LogP contribution >= 0.6 is 0 Å². The van der Waals surface area contributed by atoms with Gasteiger partial charge in [-0.3, -0.25) is 14.9 Å². The fraction of sp³-hybridized carbons (Fsp3) is 0.300. The average Bonchev–Trinajstić information content (AvgIpc) is 2.28. The summed E-state index contributed by atoms with van der Waals surface area (Å²) in [6.45, 7) is 0. The zero-order valence-electron chi connectivity index (χ0n) is 9.12. The van der Waals surface area contributed by atoms with Gasteiger partial charge in [-0.2, -0.15) is 0 Å². The van der Waals surface area contributed by atoms with E-state index in [0.717, 1.165) is 0 Å². The molecular weight excluding hydrogens is 228 g/mol. The van der Waals surface area contributed by atoms with E-state index in [1.165, 1.54) is 25.3 Å². The minimum Gasteiger partial charge on any atom is -0.496 e. The number of aliphatic carboxylic acids is 1. The van der Waals surface area contributed by atoms with E-state index in [-0.39, 0.29) is 23.4 Å². The summed E-state index contributed by atoms with van der Waals surface area (Å²) in [5.41, 5.74) is 5.36. The SMILES string of the molecule is COc1cccc([N+](=O)[O-])c1C[C@H](N)C(=O)O. The highest BCUT2D eigenvalue weighted by Gasteiger charge is 2.23. The first-order chi connectivity index (χ1) is 7.97. The first-order valence-electron chi connectivity index (χ1n) is 4.76. The molecule has 0 aliphatic carbocycles. The summed E-state index contributed by atoms with van der Waals surface area (Å²) in [5.74, 6) is -0.957. The number of carboxylic acids is 1. The van der Waals surface area contributed by atoms with Crippen LogP contribution in [-0.2, 0) is 11.2 Å². The van der Waals surface area contributed by atoms with Crippen LogP contribution in [0.1, 0.15) is 5.56 Å². The molecule has 0 radical (unpaired) electrons. The molecule has 0 unspecified atom stereocenters. The average molecular weight is 240 g/mol. The van der Waals surface area contributed by atoms with Gasteiger partial charge in [0.1, 0.15) is 11.8 Å². The molecule has 1 aromatic carbocycles. The molecule has 0 fully saturated rings. The Balaban J connectivity index is 3.18. The third kappa shape index (κ3) is 2.91. The van der Waals surface area contributed by atoms with Crippen molar-refractivity contribution in [1.29, 1.82) is 0 Å². The minimum absolute atomic E-state index is 0.157. The van der Waals surface area contributed by atoms with Crippen molar-refractivity contribution in [1.82, 2.24) is 0 Å². The van der Waals surface area contributed by atoms with Crippen molar-refractivity contribution in [2.75, 3.05) is 7.11 Å². The van der Waals surface area contributed by atoms with E-state index in [0.29, 0.717) is 0 Å². The molecule has 7 heteroatoms. The van der Waals surface area contributed by atoms with Crippen molar-refractivity contribution in [3.63, 3.8) is 0 Å². The number of hydrogen-bond donors (Lipinski definition) is 2. The standard InChI is InChI=1S/C10H12N2O5/c1-17-9-4-2-3-8(12(15)16)6(9)5-7(11)10(13)14/h2-4,7H,5,11H2,1H3,(H,13,14)/t7-/m0/s1. The van der Waals surface area contributed by atoms with Gasteiger partial charge < -0.3 is 15.6 Å². The lowest BCUT2D eigenvalue weighted by atomic mass is 10.0. The molecule has 0 spiro atoms. The van der Waals surface area contributed by atoms with Crippen molar-refractivity contribution in [3.8, 4) is 5.75 Å². The van der Waals surface area contributed by atoms with Gasteiger partial charge in [0.2, 0.25) is 0 Å². The van der Waals surface area contributed by atoms with Gasteiger partial charge in [-0.1, -0.05) is 6.07 Å². The number of carbonyl (C=O) groups is 1. The Labute approximate surface area is 97.0 Å². The van der Waals surface area contributed by atoms with E-state index in [2.05, 4.69) is 0 Å². The summed E-state index contributed by atoms with van der Waals surface area (Å²) in [6.07, 6.45) is -0.157. The smallest absolute Gasteiger partial charge is 0.320 e. The molecule has 0 bridgehead atoms. The molecule has 0 aromatic heterocycles. The molecule has 7 nitrogen and oxygen atoms in total. The van der Waals surface area contributed by atoms with E-state index >= 15 is 0 Å². The summed E-state index contributed by atoms with van der Waals surface area (Å²) >= 11 is 0. The summed E-state index contributed by atoms with van der Waals surface area (Å²) < 4.78 is 4.96. The highest BCUT2D eigenvalue weighted by Crippen LogP contribution is 2.29. The zero-order chi connectivity index (χ0) is 13.0. The van der Waals surface area contributed by atoms with Crippen LogP contribution in [0.3, 0.4) is 0 Å². The number of benzene rings is 1. The number of ether oxygens (including phenoxy) is 1. The Hall–Kier alpha value is -2.15. The van der Waals surface area contributed by atoms with Gasteiger partial charge >= 0.3 is 5.97 Å². The van der Waals surface area contributed by atoms with Gasteiger partial charge in [-0.15, -0.1) is 0 Å². The maximum absolute atomic E-state index is 10.8. The van der Waals surface area contributed by atoms with E-state index < -0.39 is 16.9 Å². The van der Waals surface area contributed by atoms with Crippen LogP contribution in [0.25, 0.3) is 0 Å². The lowest BCUT2D eigenvalue weighted by molar-refractivity contribution is -0.385. The predicted molar refractivity (Wildman–Crippen MR) is 59.0 cm³/mol. The van der Waals surface area contributed by atoms with Crippen LogP contribution in [0.4, 0.5) is 5.69 Å². The van der Waals surface area contributed by atoms with Gasteiger partial charge in [0.15, 0.2) is 0 Å². The van der Waals surface area contributed by atoms with Crippen molar-refractivity contribution < 1.29 is 19.6 Å². The van der Waals surface area contributed by atoms with Crippen molar-refractivity contribution in [2.45, 2.75) is 12.5 Å². The molecule has 0 saturated heterocycles. The fourth-order valence-electron chi connectivity index (χ4n) is 1.43. The quantitative estimate of drug-likeness (QED) is 0.573. The van der Waals surface area contributed by atoms with Crippen molar-refractivity contribution in [3.05, 3.63) is 33.9 Å². The lowest BCUT2D eigenvalue weighted by Gasteiger charge is -2.11. The first kappa shape index (κ1) is 12.9. The minimum atomic E-state index is -1.22. The zero-order valence-corrected chi connectivity index (χ0v) is 9.12. The number of methoxy groups -OCH3 is 1. The maximum atomic E-state index is 10.8. The first-order valence-corrected chi connectivity index (χ1v) is 4.76. The third-order valence-electron chi connectivity index (χ3n) is 2.27. The summed E-state index contributed by atoms with van der Waals surface area (Å²) in [7, 11) is 1.36. The Morgan fingerprint density at radius 2 is 2.29 bits per heavy atom. The van der Waals surface area contributed by atoms with E-state index in [1.54, 1.807) is 0 Å². The number of nitro benzene ring substituents is 1. The van der Waals surface area contributed by atoms with E-state index in [4.69, 9.17) is 15.6 Å². The highest BCUT2D eigenvalue weighted by molar-refractivity contribution is 5.74. The van der Waals surface area contributed by atoms with Crippen LogP contribution in [0, 0.1) is 10.1 Å². The van der Waals surface area contributed by atoms with Gasteiger partial charge in [0, 0.05) is 12.5 Å². The van der Waals surface area contributed by atoms with Gasteiger partial charge in [0.25, 0.3) is 5.69 Å². The van der Waals surface area contributed by atoms with Crippen LogP contribution in [0.15, 0.2) is 18.2 Å². The Kier molecular flexibility index (Phi) is 4.00. The molecule has 0 aliphatic rings. The Morgan fingerprint density at radius 3 is 2.76 bits per heavy atom. The summed E-state index contributed by atoms with van der Waals surface area (Å²) in [4.78, 5) is 20.9. The molecule has 0 amide bonds. The second-order valence-electron chi connectivity index (χ2n) is 3.36. The Morgan fingerprint density at radius 1 is 1.65 bits per heavy atom. The number of nitrogens with two attached hydrogens (primary N) is 1. The second kappa shape index (κ2) is 5.26. The largest absolute Gasteiger partial charge is 0.496 e. The number of nitro groups is 1. The van der Waals surface area contributed by atoms with Crippen LogP contribution in [-0.4, -0.2) is 29.2 Å². The molecule has 1 atom stereocenters.